The van der Waals surface area contributed by atoms with Crippen LogP contribution < -0.4 is 5.32 Å². The summed E-state index contributed by atoms with van der Waals surface area (Å²) in [5, 5.41) is 4.82. The summed E-state index contributed by atoms with van der Waals surface area (Å²) >= 11 is 0. The minimum Gasteiger partial charge on any atom is -0.354 e. The zero-order chi connectivity index (χ0) is 14.9. The molecule has 0 spiro atoms. The molecule has 0 saturated carbocycles. The number of para-hydroxylation sites is 1. The monoisotopic (exact) mass is 287 g/mol. The highest BCUT2D eigenvalue weighted by molar-refractivity contribution is 6.20. The third-order valence-electron chi connectivity index (χ3n) is 3.68. The van der Waals surface area contributed by atoms with Crippen LogP contribution in [0.3, 0.4) is 0 Å². The molecule has 2 aromatic heterocycles. The molecule has 0 aliphatic carbocycles. The first-order chi connectivity index (χ1) is 10.8. The lowest BCUT2D eigenvalue weighted by Crippen LogP contribution is -2.13. The molecule has 2 aromatic carbocycles. The Hall–Kier alpha value is -3.14. The number of hydrogen-bond acceptors (Lipinski definition) is 2. The third kappa shape index (κ3) is 2.02. The van der Waals surface area contributed by atoms with Crippen molar-refractivity contribution in [2.75, 3.05) is 5.32 Å². The van der Waals surface area contributed by atoms with Crippen LogP contribution >= 0.6 is 0 Å². The van der Waals surface area contributed by atoms with Crippen LogP contribution in [0.2, 0.25) is 0 Å². The molecule has 0 aliphatic heterocycles. The number of H-pyrrole nitrogens is 1. The molecule has 2 N–H and O–H groups in total. The van der Waals surface area contributed by atoms with Crippen molar-refractivity contribution >= 4 is 33.5 Å². The molecule has 4 rings (SSSR count). The van der Waals surface area contributed by atoms with Gasteiger partial charge >= 0.3 is 0 Å². The second-order valence-electron chi connectivity index (χ2n) is 5.07. The lowest BCUT2D eigenvalue weighted by atomic mass is 10.1. The molecular formula is C18H13N3O. The number of pyridine rings is 1. The Bertz CT molecular complexity index is 973. The van der Waals surface area contributed by atoms with Gasteiger partial charge in [-0.05, 0) is 30.3 Å². The summed E-state index contributed by atoms with van der Waals surface area (Å²) in [5.41, 5.74) is 2.62. The molecule has 4 heteroatoms. The van der Waals surface area contributed by atoms with E-state index in [1.54, 1.807) is 12.3 Å². The van der Waals surface area contributed by atoms with Gasteiger partial charge in [-0.3, -0.25) is 4.79 Å². The van der Waals surface area contributed by atoms with Crippen LogP contribution in [0.5, 0.6) is 0 Å². The molecule has 4 nitrogen and oxygen atoms in total. The van der Waals surface area contributed by atoms with Gasteiger partial charge in [-0.2, -0.15) is 0 Å². The molecule has 106 valence electrons. The normalized spacial score (nSPS) is 10.9. The molecule has 22 heavy (non-hydrogen) atoms. The summed E-state index contributed by atoms with van der Waals surface area (Å²) in [6, 6.07) is 19.1. The molecule has 0 saturated heterocycles. The molecule has 0 unspecified atom stereocenters. The summed E-state index contributed by atoms with van der Waals surface area (Å²) in [5.74, 6) is 0.387. The minimum atomic E-state index is -0.158. The lowest BCUT2D eigenvalue weighted by molar-refractivity contribution is 0.102. The number of nitrogens with zero attached hydrogens (tertiary/aromatic N) is 1. The number of benzene rings is 2. The molecule has 0 bridgehead atoms. The van der Waals surface area contributed by atoms with Gasteiger partial charge in [-0.15, -0.1) is 0 Å². The van der Waals surface area contributed by atoms with E-state index in [1.807, 2.05) is 54.6 Å². The first-order valence-corrected chi connectivity index (χ1v) is 7.05. The van der Waals surface area contributed by atoms with Crippen molar-refractivity contribution < 1.29 is 4.79 Å². The maximum Gasteiger partial charge on any atom is 0.257 e. The van der Waals surface area contributed by atoms with Crippen LogP contribution in [0.1, 0.15) is 10.4 Å². The highest BCUT2D eigenvalue weighted by atomic mass is 16.1. The van der Waals surface area contributed by atoms with E-state index in [4.69, 9.17) is 0 Å². The molecule has 0 radical (unpaired) electrons. The van der Waals surface area contributed by atoms with Gasteiger partial charge in [0.1, 0.15) is 5.82 Å². The van der Waals surface area contributed by atoms with E-state index in [1.165, 1.54) is 0 Å². The number of carbonyl (C=O) groups is 1. The maximum atomic E-state index is 12.6. The van der Waals surface area contributed by atoms with Gasteiger partial charge in [0.25, 0.3) is 5.91 Å². The number of anilines is 1. The predicted octanol–water partition coefficient (Wildman–Crippen LogP) is 3.97. The van der Waals surface area contributed by atoms with Crippen LogP contribution in [0.4, 0.5) is 5.82 Å². The summed E-state index contributed by atoms with van der Waals surface area (Å²) in [6.07, 6.45) is 1.65. The quantitative estimate of drug-likeness (QED) is 0.586. The van der Waals surface area contributed by atoms with Crippen LogP contribution in [-0.2, 0) is 0 Å². The largest absolute Gasteiger partial charge is 0.354 e. The summed E-state index contributed by atoms with van der Waals surface area (Å²) in [6.45, 7) is 0. The Labute approximate surface area is 126 Å². The Kier molecular flexibility index (Phi) is 2.86. The Morgan fingerprint density at radius 1 is 0.909 bits per heavy atom. The number of hydrogen-bond donors (Lipinski definition) is 2. The van der Waals surface area contributed by atoms with E-state index in [9.17, 15) is 4.79 Å². The van der Waals surface area contributed by atoms with E-state index in [0.717, 1.165) is 21.8 Å². The Morgan fingerprint density at radius 2 is 1.73 bits per heavy atom. The van der Waals surface area contributed by atoms with Gasteiger partial charge < -0.3 is 10.3 Å². The van der Waals surface area contributed by atoms with Crippen molar-refractivity contribution in [1.29, 1.82) is 0 Å². The highest BCUT2D eigenvalue weighted by Gasteiger charge is 2.14. The van der Waals surface area contributed by atoms with Crippen LogP contribution in [0.25, 0.3) is 21.8 Å². The zero-order valence-electron chi connectivity index (χ0n) is 11.7. The van der Waals surface area contributed by atoms with E-state index >= 15 is 0 Å². The van der Waals surface area contributed by atoms with Crippen molar-refractivity contribution in [2.45, 2.75) is 0 Å². The number of aromatic nitrogens is 2. The number of carbonyl (C=O) groups excluding carboxylic acids is 1. The first-order valence-electron chi connectivity index (χ1n) is 7.05. The topological polar surface area (TPSA) is 57.8 Å². The Morgan fingerprint density at radius 3 is 2.59 bits per heavy atom. The second-order valence-corrected chi connectivity index (χ2v) is 5.07. The molecule has 0 fully saturated rings. The molecule has 1 amide bonds. The standard InChI is InChI=1S/C18H13N3O/c22-18(21-16-10-3-4-11-19-16)13-7-5-9-15-17(13)12-6-1-2-8-14(12)20-15/h1-11,20H,(H,19,21,22). The van der Waals surface area contributed by atoms with E-state index in [2.05, 4.69) is 15.3 Å². The van der Waals surface area contributed by atoms with Crippen molar-refractivity contribution in [2.24, 2.45) is 0 Å². The third-order valence-corrected chi connectivity index (χ3v) is 3.68. The van der Waals surface area contributed by atoms with Crippen LogP contribution in [0.15, 0.2) is 66.9 Å². The highest BCUT2D eigenvalue weighted by Crippen LogP contribution is 2.28. The fraction of sp³-hybridized carbons (Fsp3) is 0. The van der Waals surface area contributed by atoms with Gasteiger partial charge in [0.05, 0.1) is 0 Å². The fourth-order valence-electron chi connectivity index (χ4n) is 2.71. The molecule has 0 atom stereocenters. The number of aromatic amines is 1. The lowest BCUT2D eigenvalue weighted by Gasteiger charge is -2.05. The van der Waals surface area contributed by atoms with Crippen molar-refractivity contribution in [3.8, 4) is 0 Å². The van der Waals surface area contributed by atoms with E-state index in [0.29, 0.717) is 11.4 Å². The second kappa shape index (κ2) is 5.00. The van der Waals surface area contributed by atoms with Gasteiger partial charge in [0, 0.05) is 33.6 Å². The van der Waals surface area contributed by atoms with Gasteiger partial charge in [0.2, 0.25) is 0 Å². The van der Waals surface area contributed by atoms with Gasteiger partial charge in [-0.25, -0.2) is 4.98 Å². The molecule has 2 heterocycles. The zero-order valence-corrected chi connectivity index (χ0v) is 11.7. The van der Waals surface area contributed by atoms with Gasteiger partial charge in [0.15, 0.2) is 0 Å². The van der Waals surface area contributed by atoms with Crippen LogP contribution in [0, 0.1) is 0 Å². The summed E-state index contributed by atoms with van der Waals surface area (Å²) in [4.78, 5) is 20.1. The first kappa shape index (κ1) is 12.6. The van der Waals surface area contributed by atoms with E-state index < -0.39 is 0 Å². The molecule has 4 aromatic rings. The molecule has 0 aliphatic rings. The van der Waals surface area contributed by atoms with Gasteiger partial charge in [-0.1, -0.05) is 30.3 Å². The summed E-state index contributed by atoms with van der Waals surface area (Å²) in [7, 11) is 0. The number of nitrogens with one attached hydrogen (secondary N) is 2. The minimum absolute atomic E-state index is 0.158. The van der Waals surface area contributed by atoms with Crippen molar-refractivity contribution in [3.63, 3.8) is 0 Å². The average molecular weight is 287 g/mol. The predicted molar refractivity (Wildman–Crippen MR) is 88.0 cm³/mol. The number of rotatable bonds is 2. The van der Waals surface area contributed by atoms with E-state index in [-0.39, 0.29) is 5.91 Å². The maximum absolute atomic E-state index is 12.6. The van der Waals surface area contributed by atoms with Crippen molar-refractivity contribution in [3.05, 3.63) is 72.4 Å². The van der Waals surface area contributed by atoms with Crippen LogP contribution in [-0.4, -0.2) is 15.9 Å². The smallest absolute Gasteiger partial charge is 0.257 e. The SMILES string of the molecule is O=C(Nc1ccccn1)c1cccc2[nH]c3ccccc3c12. The average Bonchev–Trinajstić information content (AvgIpc) is 2.94. The number of amides is 1. The fourth-order valence-corrected chi connectivity index (χ4v) is 2.71. The van der Waals surface area contributed by atoms with Crippen molar-refractivity contribution in [1.82, 2.24) is 9.97 Å². The number of fused-ring (bicyclic) bond motifs is 3. The summed E-state index contributed by atoms with van der Waals surface area (Å²) < 4.78 is 0. The Balaban J connectivity index is 1.86. The molecular weight excluding hydrogens is 274 g/mol.